The molecule has 0 spiro atoms. The molecule has 0 aliphatic heterocycles. The number of hydrogen-bond acceptors (Lipinski definition) is 2. The molecule has 0 atom stereocenters. The Kier molecular flexibility index (Phi) is 2.78. The van der Waals surface area contributed by atoms with Crippen molar-refractivity contribution in [2.24, 2.45) is 7.05 Å². The fourth-order valence-electron chi connectivity index (χ4n) is 2.15. The van der Waals surface area contributed by atoms with Gasteiger partial charge in [-0.25, -0.2) is 9.37 Å². The van der Waals surface area contributed by atoms with Gasteiger partial charge < -0.3 is 10.3 Å². The maximum absolute atomic E-state index is 13.1. The van der Waals surface area contributed by atoms with Crippen LogP contribution in [0.3, 0.4) is 0 Å². The summed E-state index contributed by atoms with van der Waals surface area (Å²) in [5.41, 5.74) is 8.86. The lowest BCUT2D eigenvalue weighted by molar-refractivity contribution is 0.628. The van der Waals surface area contributed by atoms with Crippen molar-refractivity contribution in [1.82, 2.24) is 9.55 Å². The molecule has 2 N–H and O–H groups in total. The Morgan fingerprint density at radius 1 is 1.21 bits per heavy atom. The van der Waals surface area contributed by atoms with Gasteiger partial charge in [-0.15, -0.1) is 0 Å². The molecule has 0 bridgehead atoms. The summed E-state index contributed by atoms with van der Waals surface area (Å²) in [5, 5.41) is 0. The first-order valence-electron chi connectivity index (χ1n) is 5.73. The smallest absolute Gasteiger partial charge is 0.142 e. The number of nitrogens with two attached hydrogens (primary N) is 1. The van der Waals surface area contributed by atoms with E-state index in [1.165, 1.54) is 12.1 Å². The second kappa shape index (κ2) is 4.35. The number of rotatable bonds is 1. The number of aromatic nitrogens is 2. The van der Waals surface area contributed by atoms with Crippen LogP contribution in [-0.4, -0.2) is 9.55 Å². The third-order valence-electron chi connectivity index (χ3n) is 3.10. The standard InChI is InChI=1S/C14H11BrFN3/c1-19-13-5-2-8(15)6-12(13)18-14(19)10-4-3-9(16)7-11(10)17/h2-7H,17H2,1H3. The summed E-state index contributed by atoms with van der Waals surface area (Å²) in [6.07, 6.45) is 0. The van der Waals surface area contributed by atoms with E-state index < -0.39 is 0 Å². The molecule has 0 radical (unpaired) electrons. The first kappa shape index (κ1) is 12.2. The Labute approximate surface area is 118 Å². The van der Waals surface area contributed by atoms with Gasteiger partial charge >= 0.3 is 0 Å². The predicted octanol–water partition coefficient (Wildman–Crippen LogP) is 3.72. The number of hydrogen-bond donors (Lipinski definition) is 1. The molecule has 0 unspecified atom stereocenters. The summed E-state index contributed by atoms with van der Waals surface area (Å²) in [4.78, 5) is 4.56. The molecule has 0 fully saturated rings. The summed E-state index contributed by atoms with van der Waals surface area (Å²) >= 11 is 3.42. The molecule has 96 valence electrons. The van der Waals surface area contributed by atoms with Crippen LogP contribution < -0.4 is 5.73 Å². The fraction of sp³-hybridized carbons (Fsp3) is 0.0714. The maximum atomic E-state index is 13.1. The van der Waals surface area contributed by atoms with Gasteiger partial charge in [0, 0.05) is 22.8 Å². The van der Waals surface area contributed by atoms with E-state index in [9.17, 15) is 4.39 Å². The normalized spacial score (nSPS) is 11.1. The quantitative estimate of drug-likeness (QED) is 0.695. The van der Waals surface area contributed by atoms with Crippen LogP contribution in [0.15, 0.2) is 40.9 Å². The third kappa shape index (κ3) is 2.00. The highest BCUT2D eigenvalue weighted by Gasteiger charge is 2.12. The van der Waals surface area contributed by atoms with E-state index in [0.29, 0.717) is 5.69 Å². The molecule has 0 amide bonds. The summed E-state index contributed by atoms with van der Waals surface area (Å²) < 4.78 is 16.0. The van der Waals surface area contributed by atoms with Crippen LogP contribution in [-0.2, 0) is 7.05 Å². The predicted molar refractivity (Wildman–Crippen MR) is 78.2 cm³/mol. The molecule has 19 heavy (non-hydrogen) atoms. The summed E-state index contributed by atoms with van der Waals surface area (Å²) in [6, 6.07) is 10.2. The molecule has 1 heterocycles. The zero-order valence-electron chi connectivity index (χ0n) is 10.2. The average molecular weight is 320 g/mol. The zero-order chi connectivity index (χ0) is 13.6. The second-order valence-corrected chi connectivity index (χ2v) is 5.27. The number of nitrogen functional groups attached to an aromatic ring is 1. The lowest BCUT2D eigenvalue weighted by Crippen LogP contribution is -1.97. The highest BCUT2D eigenvalue weighted by atomic mass is 79.9. The van der Waals surface area contributed by atoms with Gasteiger partial charge in [0.15, 0.2) is 0 Å². The largest absolute Gasteiger partial charge is 0.398 e. The van der Waals surface area contributed by atoms with Crippen molar-refractivity contribution in [2.45, 2.75) is 0 Å². The van der Waals surface area contributed by atoms with Gasteiger partial charge in [-0.2, -0.15) is 0 Å². The van der Waals surface area contributed by atoms with Crippen molar-refractivity contribution in [3.8, 4) is 11.4 Å². The molecule has 3 rings (SSSR count). The Bertz CT molecular complexity index is 780. The Balaban J connectivity index is 2.27. The molecular weight excluding hydrogens is 309 g/mol. The fourth-order valence-corrected chi connectivity index (χ4v) is 2.50. The topological polar surface area (TPSA) is 43.8 Å². The van der Waals surface area contributed by atoms with E-state index in [-0.39, 0.29) is 5.82 Å². The van der Waals surface area contributed by atoms with Gasteiger partial charge in [0.1, 0.15) is 11.6 Å². The van der Waals surface area contributed by atoms with Crippen LogP contribution in [0.2, 0.25) is 0 Å². The number of aryl methyl sites for hydroxylation is 1. The first-order valence-corrected chi connectivity index (χ1v) is 6.53. The minimum absolute atomic E-state index is 0.345. The second-order valence-electron chi connectivity index (χ2n) is 4.36. The lowest BCUT2D eigenvalue weighted by atomic mass is 10.1. The minimum Gasteiger partial charge on any atom is -0.398 e. The van der Waals surface area contributed by atoms with E-state index in [2.05, 4.69) is 20.9 Å². The highest BCUT2D eigenvalue weighted by molar-refractivity contribution is 9.10. The van der Waals surface area contributed by atoms with E-state index in [1.54, 1.807) is 6.07 Å². The van der Waals surface area contributed by atoms with E-state index >= 15 is 0 Å². The Hall–Kier alpha value is -1.88. The van der Waals surface area contributed by atoms with Crippen molar-refractivity contribution in [3.63, 3.8) is 0 Å². The van der Waals surface area contributed by atoms with Gasteiger partial charge in [-0.1, -0.05) is 15.9 Å². The van der Waals surface area contributed by atoms with E-state index in [0.717, 1.165) is 26.9 Å². The van der Waals surface area contributed by atoms with Crippen LogP contribution in [0.25, 0.3) is 22.4 Å². The molecule has 2 aromatic carbocycles. The molecular formula is C14H11BrFN3. The van der Waals surface area contributed by atoms with Crippen LogP contribution in [0.5, 0.6) is 0 Å². The minimum atomic E-state index is -0.345. The van der Waals surface area contributed by atoms with Gasteiger partial charge in [-0.05, 0) is 36.4 Å². The number of fused-ring (bicyclic) bond motifs is 1. The van der Waals surface area contributed by atoms with Crippen LogP contribution in [0.4, 0.5) is 10.1 Å². The number of benzene rings is 2. The summed E-state index contributed by atoms with van der Waals surface area (Å²) in [5.74, 6) is 0.383. The molecule has 0 saturated heterocycles. The summed E-state index contributed by atoms with van der Waals surface area (Å²) in [6.45, 7) is 0. The van der Waals surface area contributed by atoms with E-state index in [1.807, 2.05) is 29.8 Å². The molecule has 3 nitrogen and oxygen atoms in total. The van der Waals surface area contributed by atoms with Crippen molar-refractivity contribution in [1.29, 1.82) is 0 Å². The first-order chi connectivity index (χ1) is 9.06. The highest BCUT2D eigenvalue weighted by Crippen LogP contribution is 2.29. The maximum Gasteiger partial charge on any atom is 0.142 e. The Morgan fingerprint density at radius 3 is 2.74 bits per heavy atom. The van der Waals surface area contributed by atoms with Crippen molar-refractivity contribution in [3.05, 3.63) is 46.7 Å². The summed E-state index contributed by atoms with van der Waals surface area (Å²) in [7, 11) is 1.92. The molecule has 1 aromatic heterocycles. The molecule has 0 aliphatic carbocycles. The van der Waals surface area contributed by atoms with Crippen molar-refractivity contribution < 1.29 is 4.39 Å². The zero-order valence-corrected chi connectivity index (χ0v) is 11.8. The third-order valence-corrected chi connectivity index (χ3v) is 3.59. The van der Waals surface area contributed by atoms with E-state index in [4.69, 9.17) is 5.73 Å². The van der Waals surface area contributed by atoms with Crippen LogP contribution in [0, 0.1) is 5.82 Å². The van der Waals surface area contributed by atoms with Gasteiger partial charge in [-0.3, -0.25) is 0 Å². The SMILES string of the molecule is Cn1c(-c2ccc(F)cc2N)nc2cc(Br)ccc21. The monoisotopic (exact) mass is 319 g/mol. The lowest BCUT2D eigenvalue weighted by Gasteiger charge is -2.05. The van der Waals surface area contributed by atoms with Crippen LogP contribution >= 0.6 is 15.9 Å². The Morgan fingerprint density at radius 2 is 2.00 bits per heavy atom. The van der Waals surface area contributed by atoms with Gasteiger partial charge in [0.05, 0.1) is 11.0 Å². The number of nitrogens with zero attached hydrogens (tertiary/aromatic N) is 2. The number of imidazole rings is 1. The van der Waals surface area contributed by atoms with Gasteiger partial charge in [0.2, 0.25) is 0 Å². The van der Waals surface area contributed by atoms with Crippen LogP contribution in [0.1, 0.15) is 0 Å². The molecule has 0 saturated carbocycles. The van der Waals surface area contributed by atoms with Gasteiger partial charge in [0.25, 0.3) is 0 Å². The number of halogens is 2. The molecule has 5 heteroatoms. The molecule has 0 aliphatic rings. The number of anilines is 1. The molecule has 3 aromatic rings. The van der Waals surface area contributed by atoms with Crippen molar-refractivity contribution >= 4 is 32.7 Å². The van der Waals surface area contributed by atoms with Crippen molar-refractivity contribution in [2.75, 3.05) is 5.73 Å². The average Bonchev–Trinajstić information content (AvgIpc) is 2.66.